The summed E-state index contributed by atoms with van der Waals surface area (Å²) in [5.41, 5.74) is 1.99. The number of hydrogen-bond acceptors (Lipinski definition) is 3. The lowest BCUT2D eigenvalue weighted by Crippen LogP contribution is -2.30. The quantitative estimate of drug-likeness (QED) is 0.761. The molecule has 2 aromatic rings. The van der Waals surface area contributed by atoms with Crippen molar-refractivity contribution in [2.75, 3.05) is 6.54 Å². The number of carbonyl (C=O) groups excluding carboxylic acids is 1. The molecule has 0 atom stereocenters. The highest BCUT2D eigenvalue weighted by Gasteiger charge is 2.27. The fourth-order valence-electron chi connectivity index (χ4n) is 3.11. The van der Waals surface area contributed by atoms with Crippen LogP contribution in [0, 0.1) is 6.92 Å². The van der Waals surface area contributed by atoms with E-state index >= 15 is 0 Å². The summed E-state index contributed by atoms with van der Waals surface area (Å²) in [6, 6.07) is 0. The summed E-state index contributed by atoms with van der Waals surface area (Å²) in [5.74, 6) is -0.229. The molecule has 0 fully saturated rings. The van der Waals surface area contributed by atoms with Gasteiger partial charge in [-0.05, 0) is 32.6 Å². The van der Waals surface area contributed by atoms with Gasteiger partial charge in [0.2, 0.25) is 5.91 Å². The average Bonchev–Trinajstić information content (AvgIpc) is 3.22. The van der Waals surface area contributed by atoms with E-state index in [1.807, 2.05) is 6.92 Å². The number of fused-ring (bicyclic) bond motifs is 1. The van der Waals surface area contributed by atoms with Gasteiger partial charge >= 0.3 is 0 Å². The molecule has 0 radical (unpaired) electrons. The third-order valence-electron chi connectivity index (χ3n) is 4.31. The van der Waals surface area contributed by atoms with Crippen LogP contribution < -0.4 is 5.32 Å². The molecular formula is C16H20ClF2N5O. The maximum Gasteiger partial charge on any atom is 0.282 e. The van der Waals surface area contributed by atoms with Gasteiger partial charge in [-0.25, -0.2) is 8.78 Å². The Labute approximate surface area is 149 Å². The van der Waals surface area contributed by atoms with Crippen LogP contribution in [0.2, 0.25) is 5.02 Å². The average molecular weight is 372 g/mol. The molecule has 0 unspecified atom stereocenters. The number of carbonyl (C=O) groups is 1. The molecule has 25 heavy (non-hydrogen) atoms. The fraction of sp³-hybridized carbons (Fsp3) is 0.562. The van der Waals surface area contributed by atoms with E-state index in [0.29, 0.717) is 42.9 Å². The highest BCUT2D eigenvalue weighted by Crippen LogP contribution is 2.31. The molecule has 2 aromatic heterocycles. The van der Waals surface area contributed by atoms with Gasteiger partial charge in [0.05, 0.1) is 10.7 Å². The van der Waals surface area contributed by atoms with Crippen molar-refractivity contribution >= 4 is 17.5 Å². The van der Waals surface area contributed by atoms with Gasteiger partial charge in [0.15, 0.2) is 0 Å². The molecule has 1 aliphatic carbocycles. The fourth-order valence-corrected chi connectivity index (χ4v) is 3.26. The number of halogens is 3. The molecule has 3 rings (SSSR count). The molecule has 2 heterocycles. The standard InChI is InChI=1S/C16H20ClF2N5O/c1-10-12(17)8-23(21-10)7-3-6-20-14(25)9-24-13-5-2-4-11(13)15(22-24)16(18)19/h8,16H,2-7,9H2,1H3,(H,20,25). The zero-order valence-electron chi connectivity index (χ0n) is 13.9. The molecule has 1 N–H and O–H groups in total. The van der Waals surface area contributed by atoms with Crippen LogP contribution in [0.1, 0.15) is 41.9 Å². The summed E-state index contributed by atoms with van der Waals surface area (Å²) in [6.45, 7) is 2.92. The molecule has 9 heteroatoms. The van der Waals surface area contributed by atoms with Crippen molar-refractivity contribution in [1.82, 2.24) is 24.9 Å². The van der Waals surface area contributed by atoms with Crippen LogP contribution in [-0.2, 0) is 30.7 Å². The SMILES string of the molecule is Cc1nn(CCCNC(=O)Cn2nc(C(F)F)c3c2CCC3)cc1Cl. The Bertz CT molecular complexity index is 751. The van der Waals surface area contributed by atoms with Crippen LogP contribution in [0.15, 0.2) is 6.20 Å². The van der Waals surface area contributed by atoms with E-state index in [2.05, 4.69) is 15.5 Å². The van der Waals surface area contributed by atoms with E-state index in [0.717, 1.165) is 17.8 Å². The lowest BCUT2D eigenvalue weighted by Gasteiger charge is -2.07. The second-order valence-corrected chi connectivity index (χ2v) is 6.56. The van der Waals surface area contributed by atoms with Crippen LogP contribution in [0.25, 0.3) is 0 Å². The molecule has 0 aliphatic heterocycles. The molecule has 0 bridgehead atoms. The number of alkyl halides is 2. The minimum Gasteiger partial charge on any atom is -0.354 e. The first-order valence-corrected chi connectivity index (χ1v) is 8.66. The van der Waals surface area contributed by atoms with Gasteiger partial charge < -0.3 is 5.32 Å². The van der Waals surface area contributed by atoms with Gasteiger partial charge in [-0.2, -0.15) is 10.2 Å². The third kappa shape index (κ3) is 4.00. The smallest absolute Gasteiger partial charge is 0.282 e. The first-order chi connectivity index (χ1) is 12.0. The van der Waals surface area contributed by atoms with E-state index in [-0.39, 0.29) is 18.1 Å². The summed E-state index contributed by atoms with van der Waals surface area (Å²) >= 11 is 5.94. The molecule has 6 nitrogen and oxygen atoms in total. The van der Waals surface area contributed by atoms with E-state index in [1.165, 1.54) is 4.68 Å². The van der Waals surface area contributed by atoms with E-state index < -0.39 is 6.43 Å². The van der Waals surface area contributed by atoms with Crippen LogP contribution in [0.4, 0.5) is 8.78 Å². The van der Waals surface area contributed by atoms with E-state index in [9.17, 15) is 13.6 Å². The molecule has 0 aromatic carbocycles. The van der Waals surface area contributed by atoms with Crippen molar-refractivity contribution in [3.8, 4) is 0 Å². The largest absolute Gasteiger partial charge is 0.354 e. The number of hydrogen-bond donors (Lipinski definition) is 1. The normalized spacial score (nSPS) is 13.5. The van der Waals surface area contributed by atoms with Gasteiger partial charge in [-0.15, -0.1) is 0 Å². The maximum atomic E-state index is 13.0. The minimum atomic E-state index is -2.60. The second kappa shape index (κ2) is 7.51. The Morgan fingerprint density at radius 3 is 2.88 bits per heavy atom. The predicted octanol–water partition coefficient (Wildman–Crippen LogP) is 2.67. The molecule has 136 valence electrons. The number of aromatic nitrogens is 4. The topological polar surface area (TPSA) is 64.7 Å². The highest BCUT2D eigenvalue weighted by molar-refractivity contribution is 6.31. The summed E-state index contributed by atoms with van der Waals surface area (Å²) in [4.78, 5) is 12.1. The molecule has 1 aliphatic rings. The molecule has 0 spiro atoms. The highest BCUT2D eigenvalue weighted by atomic mass is 35.5. The Hall–Kier alpha value is -1.96. The van der Waals surface area contributed by atoms with Gasteiger partial charge in [-0.3, -0.25) is 14.2 Å². The Balaban J connectivity index is 1.49. The molecular weight excluding hydrogens is 352 g/mol. The van der Waals surface area contributed by atoms with Crippen molar-refractivity contribution < 1.29 is 13.6 Å². The number of rotatable bonds is 7. The zero-order valence-corrected chi connectivity index (χ0v) is 14.7. The Morgan fingerprint density at radius 2 is 2.20 bits per heavy atom. The zero-order chi connectivity index (χ0) is 18.0. The number of amides is 1. The maximum absolute atomic E-state index is 13.0. The lowest BCUT2D eigenvalue weighted by atomic mass is 10.2. The van der Waals surface area contributed by atoms with Crippen molar-refractivity contribution in [3.63, 3.8) is 0 Å². The van der Waals surface area contributed by atoms with Crippen molar-refractivity contribution in [3.05, 3.63) is 33.9 Å². The summed E-state index contributed by atoms with van der Waals surface area (Å²) in [7, 11) is 0. The van der Waals surface area contributed by atoms with Gasteiger partial charge in [0.1, 0.15) is 12.2 Å². The van der Waals surface area contributed by atoms with Crippen LogP contribution in [0.3, 0.4) is 0 Å². The monoisotopic (exact) mass is 371 g/mol. The number of aryl methyl sites for hydroxylation is 2. The second-order valence-electron chi connectivity index (χ2n) is 6.15. The van der Waals surface area contributed by atoms with E-state index in [1.54, 1.807) is 10.9 Å². The number of nitrogens with zero attached hydrogens (tertiary/aromatic N) is 4. The molecule has 0 saturated heterocycles. The van der Waals surface area contributed by atoms with Crippen molar-refractivity contribution in [1.29, 1.82) is 0 Å². The van der Waals surface area contributed by atoms with Crippen LogP contribution in [0.5, 0.6) is 0 Å². The third-order valence-corrected chi connectivity index (χ3v) is 4.68. The first kappa shape index (κ1) is 17.8. The van der Waals surface area contributed by atoms with E-state index in [4.69, 9.17) is 11.6 Å². The molecule has 0 saturated carbocycles. The summed E-state index contributed by atoms with van der Waals surface area (Å²) in [6.07, 6.45) is 1.99. The van der Waals surface area contributed by atoms with Crippen molar-refractivity contribution in [2.45, 2.75) is 52.1 Å². The summed E-state index contributed by atoms with van der Waals surface area (Å²) < 4.78 is 29.2. The van der Waals surface area contributed by atoms with Crippen molar-refractivity contribution in [2.24, 2.45) is 0 Å². The number of nitrogens with one attached hydrogen (secondary N) is 1. The van der Waals surface area contributed by atoms with Gasteiger partial charge in [-0.1, -0.05) is 11.6 Å². The summed E-state index contributed by atoms with van der Waals surface area (Å²) in [5, 5.41) is 11.6. The first-order valence-electron chi connectivity index (χ1n) is 8.28. The lowest BCUT2D eigenvalue weighted by molar-refractivity contribution is -0.121. The molecule has 1 amide bonds. The van der Waals surface area contributed by atoms with Gasteiger partial charge in [0, 0.05) is 30.5 Å². The van der Waals surface area contributed by atoms with Crippen LogP contribution >= 0.6 is 11.6 Å². The van der Waals surface area contributed by atoms with Gasteiger partial charge in [0.25, 0.3) is 6.43 Å². The minimum absolute atomic E-state index is 0.0260. The predicted molar refractivity (Wildman–Crippen MR) is 88.8 cm³/mol. The Kier molecular flexibility index (Phi) is 5.36. The van der Waals surface area contributed by atoms with Crippen LogP contribution in [-0.4, -0.2) is 32.0 Å². The Morgan fingerprint density at radius 1 is 1.40 bits per heavy atom.